The Kier molecular flexibility index (Phi) is 3.18. The highest BCUT2D eigenvalue weighted by molar-refractivity contribution is 5.98. The Labute approximate surface area is 112 Å². The SMILES string of the molecule is Cc1nc(N)n(C(=O)c2cc(C)n(C(C)C)c2C)n1. The molecule has 2 heterocycles. The standard InChI is InChI=1S/C13H19N5O/c1-7(2)17-8(3)6-11(9(17)4)12(19)18-13(14)15-10(5)16-18/h6-7H,1-5H3,(H2,14,15,16). The lowest BCUT2D eigenvalue weighted by atomic mass is 10.2. The number of rotatable bonds is 2. The Bertz CT molecular complexity index is 636. The third-order valence-electron chi connectivity index (χ3n) is 3.16. The number of hydrogen-bond donors (Lipinski definition) is 1. The van der Waals surface area contributed by atoms with Crippen molar-refractivity contribution in [3.8, 4) is 0 Å². The highest BCUT2D eigenvalue weighted by atomic mass is 16.2. The number of nitrogens with two attached hydrogens (primary N) is 1. The Morgan fingerprint density at radius 1 is 1.32 bits per heavy atom. The molecular formula is C13H19N5O. The predicted octanol–water partition coefficient (Wildman–Crippen LogP) is 1.86. The minimum atomic E-state index is -0.238. The molecule has 0 amide bonds. The summed E-state index contributed by atoms with van der Waals surface area (Å²) in [5.74, 6) is 0.374. The molecular weight excluding hydrogens is 242 g/mol. The van der Waals surface area contributed by atoms with Crippen molar-refractivity contribution in [2.45, 2.75) is 40.7 Å². The molecule has 0 spiro atoms. The van der Waals surface area contributed by atoms with E-state index in [0.717, 1.165) is 16.1 Å². The highest BCUT2D eigenvalue weighted by Crippen LogP contribution is 2.21. The molecule has 6 nitrogen and oxygen atoms in total. The van der Waals surface area contributed by atoms with Crippen molar-refractivity contribution in [1.29, 1.82) is 0 Å². The summed E-state index contributed by atoms with van der Waals surface area (Å²) in [5.41, 5.74) is 8.28. The lowest BCUT2D eigenvalue weighted by molar-refractivity contribution is 0.0946. The van der Waals surface area contributed by atoms with Gasteiger partial charge in [-0.1, -0.05) is 0 Å². The topological polar surface area (TPSA) is 78.7 Å². The summed E-state index contributed by atoms with van der Waals surface area (Å²) < 4.78 is 3.27. The summed E-state index contributed by atoms with van der Waals surface area (Å²) in [4.78, 5) is 16.4. The number of aromatic nitrogens is 4. The minimum Gasteiger partial charge on any atom is -0.368 e. The third-order valence-corrected chi connectivity index (χ3v) is 3.16. The Balaban J connectivity index is 2.51. The Hall–Kier alpha value is -2.11. The van der Waals surface area contributed by atoms with Gasteiger partial charge >= 0.3 is 0 Å². The van der Waals surface area contributed by atoms with Gasteiger partial charge in [-0.25, -0.2) is 0 Å². The molecule has 6 heteroatoms. The van der Waals surface area contributed by atoms with Gasteiger partial charge in [0.2, 0.25) is 5.95 Å². The van der Waals surface area contributed by atoms with Gasteiger partial charge < -0.3 is 10.3 Å². The molecule has 0 unspecified atom stereocenters. The number of hydrogen-bond acceptors (Lipinski definition) is 4. The Morgan fingerprint density at radius 2 is 1.95 bits per heavy atom. The largest absolute Gasteiger partial charge is 0.368 e. The van der Waals surface area contributed by atoms with Crippen LogP contribution in [0, 0.1) is 20.8 Å². The van der Waals surface area contributed by atoms with Gasteiger partial charge in [0.15, 0.2) is 0 Å². The molecule has 0 fully saturated rings. The van der Waals surface area contributed by atoms with E-state index in [9.17, 15) is 4.79 Å². The molecule has 0 aliphatic heterocycles. The second kappa shape index (κ2) is 4.53. The van der Waals surface area contributed by atoms with Crippen LogP contribution in [0.5, 0.6) is 0 Å². The summed E-state index contributed by atoms with van der Waals surface area (Å²) in [6, 6.07) is 2.17. The maximum absolute atomic E-state index is 12.5. The fraction of sp³-hybridized carbons (Fsp3) is 0.462. The molecule has 19 heavy (non-hydrogen) atoms. The van der Waals surface area contributed by atoms with Crippen molar-refractivity contribution in [3.05, 3.63) is 28.8 Å². The van der Waals surface area contributed by atoms with Gasteiger partial charge in [0.1, 0.15) is 5.82 Å². The number of nitrogen functional groups attached to an aromatic ring is 1. The van der Waals surface area contributed by atoms with Crippen molar-refractivity contribution in [2.24, 2.45) is 0 Å². The average Bonchev–Trinajstić information content (AvgIpc) is 2.78. The van der Waals surface area contributed by atoms with Crippen LogP contribution in [0.2, 0.25) is 0 Å². The van der Waals surface area contributed by atoms with E-state index in [2.05, 4.69) is 28.5 Å². The van der Waals surface area contributed by atoms with Crippen molar-refractivity contribution in [2.75, 3.05) is 5.73 Å². The molecule has 2 N–H and O–H groups in total. The summed E-state index contributed by atoms with van der Waals surface area (Å²) in [5, 5.41) is 4.03. The van der Waals surface area contributed by atoms with Crippen LogP contribution in [-0.2, 0) is 0 Å². The van der Waals surface area contributed by atoms with Crippen LogP contribution in [0.15, 0.2) is 6.07 Å². The molecule has 0 aliphatic carbocycles. The third kappa shape index (κ3) is 2.14. The van der Waals surface area contributed by atoms with Crippen molar-refractivity contribution < 1.29 is 4.79 Å². The first kappa shape index (κ1) is 13.3. The number of nitrogens with zero attached hydrogens (tertiary/aromatic N) is 4. The van der Waals surface area contributed by atoms with E-state index >= 15 is 0 Å². The number of aryl methyl sites for hydroxylation is 2. The first-order valence-electron chi connectivity index (χ1n) is 6.25. The van der Waals surface area contributed by atoms with Gasteiger partial charge in [0.25, 0.3) is 5.91 Å². The van der Waals surface area contributed by atoms with E-state index < -0.39 is 0 Å². The molecule has 0 saturated heterocycles. The maximum Gasteiger partial charge on any atom is 0.283 e. The van der Waals surface area contributed by atoms with Crippen molar-refractivity contribution >= 4 is 11.9 Å². The number of carbonyl (C=O) groups excluding carboxylic acids is 1. The second-order valence-electron chi connectivity index (χ2n) is 4.98. The highest BCUT2D eigenvalue weighted by Gasteiger charge is 2.21. The molecule has 2 rings (SSSR count). The normalized spacial score (nSPS) is 11.3. The van der Waals surface area contributed by atoms with E-state index in [0.29, 0.717) is 17.4 Å². The van der Waals surface area contributed by atoms with Gasteiger partial charge in [-0.2, -0.15) is 9.67 Å². The minimum absolute atomic E-state index is 0.122. The van der Waals surface area contributed by atoms with E-state index in [4.69, 9.17) is 5.73 Å². The van der Waals surface area contributed by atoms with Gasteiger partial charge in [-0.05, 0) is 40.7 Å². The molecule has 2 aromatic heterocycles. The molecule has 0 radical (unpaired) electrons. The molecule has 2 aromatic rings. The van der Waals surface area contributed by atoms with Gasteiger partial charge in [-0.3, -0.25) is 4.79 Å². The van der Waals surface area contributed by atoms with Crippen LogP contribution in [0.1, 0.15) is 47.5 Å². The van der Waals surface area contributed by atoms with Crippen LogP contribution in [0.3, 0.4) is 0 Å². The first-order chi connectivity index (χ1) is 8.82. The predicted molar refractivity (Wildman–Crippen MR) is 73.2 cm³/mol. The molecule has 0 bridgehead atoms. The monoisotopic (exact) mass is 261 g/mol. The lowest BCUT2D eigenvalue weighted by Gasteiger charge is -2.13. The summed E-state index contributed by atoms with van der Waals surface area (Å²) in [6.45, 7) is 9.79. The van der Waals surface area contributed by atoms with Gasteiger partial charge in [-0.15, -0.1) is 5.10 Å². The van der Waals surface area contributed by atoms with Gasteiger partial charge in [0, 0.05) is 17.4 Å². The zero-order valence-corrected chi connectivity index (χ0v) is 11.9. The summed E-state index contributed by atoms with van der Waals surface area (Å²) in [7, 11) is 0. The van der Waals surface area contributed by atoms with E-state index in [1.807, 2.05) is 19.9 Å². The zero-order chi connectivity index (χ0) is 14.3. The van der Waals surface area contributed by atoms with Gasteiger partial charge in [0.05, 0.1) is 5.56 Å². The Morgan fingerprint density at radius 3 is 2.37 bits per heavy atom. The van der Waals surface area contributed by atoms with Crippen molar-refractivity contribution in [3.63, 3.8) is 0 Å². The number of carbonyl (C=O) groups is 1. The van der Waals surface area contributed by atoms with E-state index in [1.54, 1.807) is 6.92 Å². The number of anilines is 1. The zero-order valence-electron chi connectivity index (χ0n) is 11.9. The van der Waals surface area contributed by atoms with Crippen LogP contribution in [-0.4, -0.2) is 25.2 Å². The van der Waals surface area contributed by atoms with Crippen LogP contribution in [0.25, 0.3) is 0 Å². The molecule has 0 saturated carbocycles. The molecule has 0 aromatic carbocycles. The van der Waals surface area contributed by atoms with Crippen molar-refractivity contribution in [1.82, 2.24) is 19.3 Å². The van der Waals surface area contributed by atoms with Crippen LogP contribution in [0.4, 0.5) is 5.95 Å². The fourth-order valence-electron chi connectivity index (χ4n) is 2.48. The fourth-order valence-corrected chi connectivity index (χ4v) is 2.48. The van der Waals surface area contributed by atoms with E-state index in [-0.39, 0.29) is 11.9 Å². The first-order valence-corrected chi connectivity index (χ1v) is 6.25. The quantitative estimate of drug-likeness (QED) is 0.894. The molecule has 102 valence electrons. The van der Waals surface area contributed by atoms with Crippen LogP contribution < -0.4 is 5.73 Å². The molecule has 0 atom stereocenters. The lowest BCUT2D eigenvalue weighted by Crippen LogP contribution is -2.17. The smallest absolute Gasteiger partial charge is 0.283 e. The molecule has 0 aliphatic rings. The van der Waals surface area contributed by atoms with Crippen LogP contribution >= 0.6 is 0 Å². The second-order valence-corrected chi connectivity index (χ2v) is 4.98. The maximum atomic E-state index is 12.5. The van der Waals surface area contributed by atoms with E-state index in [1.165, 1.54) is 0 Å². The summed E-state index contributed by atoms with van der Waals surface area (Å²) in [6.07, 6.45) is 0. The summed E-state index contributed by atoms with van der Waals surface area (Å²) >= 11 is 0. The average molecular weight is 261 g/mol.